The number of nitrogens with one attached hydrogen (secondary N) is 1. The lowest BCUT2D eigenvalue weighted by Gasteiger charge is -2.11. The second-order valence-electron chi connectivity index (χ2n) is 5.01. The van der Waals surface area contributed by atoms with Crippen molar-refractivity contribution >= 4 is 5.69 Å². The van der Waals surface area contributed by atoms with Gasteiger partial charge in [-0.1, -0.05) is 6.07 Å². The zero-order valence-corrected chi connectivity index (χ0v) is 12.3. The van der Waals surface area contributed by atoms with Crippen LogP contribution in [0, 0.1) is 5.82 Å². The van der Waals surface area contributed by atoms with Crippen molar-refractivity contribution in [1.82, 2.24) is 9.78 Å². The Kier molecular flexibility index (Phi) is 4.57. The quantitative estimate of drug-likeness (QED) is 0.918. The van der Waals surface area contributed by atoms with E-state index in [2.05, 4.69) is 10.4 Å². The minimum atomic E-state index is -0.457. The maximum atomic E-state index is 13.6. The molecule has 0 atom stereocenters. The number of halogens is 1. The third kappa shape index (κ3) is 3.81. The highest BCUT2D eigenvalue weighted by Crippen LogP contribution is 2.17. The first kappa shape index (κ1) is 15.0. The van der Waals surface area contributed by atoms with Gasteiger partial charge in [0.2, 0.25) is 0 Å². The normalized spacial score (nSPS) is 10.7. The van der Waals surface area contributed by atoms with Gasteiger partial charge in [-0.15, -0.1) is 0 Å². The first-order chi connectivity index (χ1) is 9.99. The standard InChI is InChI=1S/C15H18FN3O2/c1-10(2)18-12-7-15(20)19(17-8-12)9-11-4-5-14(21-3)13(16)6-11/h4-8,10,18H,9H2,1-3H3. The molecular formula is C15H18FN3O2. The highest BCUT2D eigenvalue weighted by atomic mass is 19.1. The Bertz CT molecular complexity index is 683. The molecule has 112 valence electrons. The summed E-state index contributed by atoms with van der Waals surface area (Å²) in [7, 11) is 1.41. The number of benzene rings is 1. The van der Waals surface area contributed by atoms with Gasteiger partial charge in [-0.2, -0.15) is 5.10 Å². The third-order valence-corrected chi connectivity index (χ3v) is 2.87. The second kappa shape index (κ2) is 6.39. The van der Waals surface area contributed by atoms with E-state index in [9.17, 15) is 9.18 Å². The van der Waals surface area contributed by atoms with Crippen molar-refractivity contribution in [3.05, 3.63) is 52.2 Å². The van der Waals surface area contributed by atoms with Crippen LogP contribution in [0.4, 0.5) is 10.1 Å². The van der Waals surface area contributed by atoms with Gasteiger partial charge in [0.1, 0.15) is 0 Å². The Balaban J connectivity index is 2.20. The maximum Gasteiger partial charge on any atom is 0.269 e. The van der Waals surface area contributed by atoms with Gasteiger partial charge in [0.15, 0.2) is 11.6 Å². The predicted molar refractivity (Wildman–Crippen MR) is 79.3 cm³/mol. The highest BCUT2D eigenvalue weighted by molar-refractivity contribution is 5.39. The molecule has 5 nitrogen and oxygen atoms in total. The number of ether oxygens (including phenoxy) is 1. The summed E-state index contributed by atoms with van der Waals surface area (Å²) in [6.45, 7) is 4.17. The van der Waals surface area contributed by atoms with E-state index in [0.717, 1.165) is 0 Å². The van der Waals surface area contributed by atoms with Crippen LogP contribution in [0.15, 0.2) is 35.3 Å². The topological polar surface area (TPSA) is 56.1 Å². The average molecular weight is 291 g/mol. The summed E-state index contributed by atoms with van der Waals surface area (Å²) in [5, 5.41) is 7.20. The average Bonchev–Trinajstić information content (AvgIpc) is 2.41. The van der Waals surface area contributed by atoms with Crippen molar-refractivity contribution < 1.29 is 9.13 Å². The van der Waals surface area contributed by atoms with E-state index < -0.39 is 5.82 Å². The number of aromatic nitrogens is 2. The molecule has 21 heavy (non-hydrogen) atoms. The summed E-state index contributed by atoms with van der Waals surface area (Å²) in [4.78, 5) is 12.0. The van der Waals surface area contributed by atoms with Crippen LogP contribution in [0.25, 0.3) is 0 Å². The first-order valence-electron chi connectivity index (χ1n) is 6.65. The molecule has 0 saturated heterocycles. The molecule has 0 bridgehead atoms. The van der Waals surface area contributed by atoms with Crippen LogP contribution < -0.4 is 15.6 Å². The van der Waals surface area contributed by atoms with Crippen LogP contribution in [0.3, 0.4) is 0 Å². The van der Waals surface area contributed by atoms with E-state index in [0.29, 0.717) is 11.3 Å². The number of methoxy groups -OCH3 is 1. The molecular weight excluding hydrogens is 273 g/mol. The zero-order valence-electron chi connectivity index (χ0n) is 12.3. The maximum absolute atomic E-state index is 13.6. The summed E-state index contributed by atoms with van der Waals surface area (Å²) in [6.07, 6.45) is 1.58. The van der Waals surface area contributed by atoms with Crippen LogP contribution in [0.1, 0.15) is 19.4 Å². The molecule has 0 spiro atoms. The summed E-state index contributed by atoms with van der Waals surface area (Å²) in [5.41, 5.74) is 1.08. The van der Waals surface area contributed by atoms with E-state index >= 15 is 0 Å². The molecule has 0 fully saturated rings. The lowest BCUT2D eigenvalue weighted by molar-refractivity contribution is 0.386. The summed E-state index contributed by atoms with van der Waals surface area (Å²) in [5.74, 6) is -0.281. The number of hydrogen-bond donors (Lipinski definition) is 1. The van der Waals surface area contributed by atoms with Gasteiger partial charge < -0.3 is 10.1 Å². The molecule has 1 heterocycles. The Morgan fingerprint density at radius 1 is 1.38 bits per heavy atom. The van der Waals surface area contributed by atoms with E-state index in [4.69, 9.17) is 4.74 Å². The molecule has 1 N–H and O–H groups in total. The fourth-order valence-electron chi connectivity index (χ4n) is 1.95. The fraction of sp³-hybridized carbons (Fsp3) is 0.333. The van der Waals surface area contributed by atoms with Gasteiger partial charge in [0.05, 0.1) is 25.5 Å². The van der Waals surface area contributed by atoms with Crippen molar-refractivity contribution in [2.75, 3.05) is 12.4 Å². The van der Waals surface area contributed by atoms with Crippen LogP contribution >= 0.6 is 0 Å². The monoisotopic (exact) mass is 291 g/mol. The molecule has 1 aromatic carbocycles. The van der Waals surface area contributed by atoms with Gasteiger partial charge >= 0.3 is 0 Å². The Morgan fingerprint density at radius 3 is 2.71 bits per heavy atom. The highest BCUT2D eigenvalue weighted by Gasteiger charge is 2.06. The molecule has 1 aromatic heterocycles. The summed E-state index contributed by atoms with van der Waals surface area (Å²) in [6, 6.07) is 6.28. The molecule has 2 rings (SSSR count). The van der Waals surface area contributed by atoms with Crippen LogP contribution in [0.5, 0.6) is 5.75 Å². The Morgan fingerprint density at radius 2 is 2.14 bits per heavy atom. The third-order valence-electron chi connectivity index (χ3n) is 2.87. The van der Waals surface area contributed by atoms with Crippen molar-refractivity contribution in [3.8, 4) is 5.75 Å². The molecule has 0 amide bonds. The number of anilines is 1. The van der Waals surface area contributed by atoms with Gasteiger partial charge in [-0.3, -0.25) is 4.79 Å². The van der Waals surface area contributed by atoms with E-state index in [1.807, 2.05) is 13.8 Å². The van der Waals surface area contributed by atoms with E-state index in [1.54, 1.807) is 12.3 Å². The van der Waals surface area contributed by atoms with E-state index in [-0.39, 0.29) is 23.9 Å². The Labute approximate surface area is 122 Å². The van der Waals surface area contributed by atoms with E-state index in [1.165, 1.54) is 30.0 Å². The summed E-state index contributed by atoms with van der Waals surface area (Å²) >= 11 is 0. The predicted octanol–water partition coefficient (Wildman–Crippen LogP) is 2.26. The molecule has 0 saturated carbocycles. The van der Waals surface area contributed by atoms with Gasteiger partial charge in [-0.25, -0.2) is 9.07 Å². The molecule has 6 heteroatoms. The fourth-order valence-corrected chi connectivity index (χ4v) is 1.95. The van der Waals surface area contributed by atoms with Gasteiger partial charge in [0.25, 0.3) is 5.56 Å². The molecule has 0 aliphatic carbocycles. The van der Waals surface area contributed by atoms with Gasteiger partial charge in [-0.05, 0) is 31.5 Å². The number of nitrogens with zero attached hydrogens (tertiary/aromatic N) is 2. The molecule has 2 aromatic rings. The van der Waals surface area contributed by atoms with Crippen molar-refractivity contribution in [1.29, 1.82) is 0 Å². The largest absolute Gasteiger partial charge is 0.494 e. The van der Waals surface area contributed by atoms with Crippen molar-refractivity contribution in [3.63, 3.8) is 0 Å². The van der Waals surface area contributed by atoms with Gasteiger partial charge in [0, 0.05) is 12.1 Å². The molecule has 0 aliphatic rings. The Hall–Kier alpha value is -2.37. The minimum absolute atomic E-state index is 0.176. The molecule has 0 radical (unpaired) electrons. The minimum Gasteiger partial charge on any atom is -0.494 e. The lowest BCUT2D eigenvalue weighted by atomic mass is 10.2. The van der Waals surface area contributed by atoms with Crippen molar-refractivity contribution in [2.24, 2.45) is 0 Å². The zero-order chi connectivity index (χ0) is 15.4. The smallest absolute Gasteiger partial charge is 0.269 e. The SMILES string of the molecule is COc1ccc(Cn2ncc(NC(C)C)cc2=O)cc1F. The summed E-state index contributed by atoms with van der Waals surface area (Å²) < 4.78 is 19.8. The number of rotatable bonds is 5. The van der Waals surface area contributed by atoms with Crippen molar-refractivity contribution in [2.45, 2.75) is 26.4 Å². The van der Waals surface area contributed by atoms with Crippen LogP contribution in [-0.2, 0) is 6.54 Å². The molecule has 0 aliphatic heterocycles. The first-order valence-corrected chi connectivity index (χ1v) is 6.65. The van der Waals surface area contributed by atoms with Crippen LogP contribution in [0.2, 0.25) is 0 Å². The number of hydrogen-bond acceptors (Lipinski definition) is 4. The molecule has 0 unspecified atom stereocenters. The second-order valence-corrected chi connectivity index (χ2v) is 5.01. The van der Waals surface area contributed by atoms with Crippen LogP contribution in [-0.4, -0.2) is 22.9 Å². The lowest BCUT2D eigenvalue weighted by Crippen LogP contribution is -2.24.